The summed E-state index contributed by atoms with van der Waals surface area (Å²) in [6.45, 7) is 4.63. The number of hydrogen-bond acceptors (Lipinski definition) is 3. The third kappa shape index (κ3) is 3.15. The average Bonchev–Trinajstić information content (AvgIpc) is 3.01. The van der Waals surface area contributed by atoms with Gasteiger partial charge in [0.1, 0.15) is 0 Å². The van der Waals surface area contributed by atoms with E-state index in [1.807, 2.05) is 42.5 Å². The summed E-state index contributed by atoms with van der Waals surface area (Å²) in [5, 5.41) is 2.12. The molecule has 1 N–H and O–H groups in total. The minimum atomic E-state index is 0.0555. The van der Waals surface area contributed by atoms with E-state index in [0.29, 0.717) is 0 Å². The van der Waals surface area contributed by atoms with Crippen LogP contribution in [0.2, 0.25) is 0 Å². The first-order valence-electron chi connectivity index (χ1n) is 7.29. The van der Waals surface area contributed by atoms with Crippen molar-refractivity contribution >= 4 is 11.4 Å². The van der Waals surface area contributed by atoms with E-state index >= 15 is 0 Å². The van der Waals surface area contributed by atoms with Crippen molar-refractivity contribution in [3.63, 3.8) is 0 Å². The SMILES string of the molecule is C=C[C@@H]1OCC[C@H]1NN(c1ccccc1)c1ccccc1. The molecule has 2 atom stereocenters. The highest BCUT2D eigenvalue weighted by atomic mass is 16.5. The monoisotopic (exact) mass is 280 g/mol. The predicted molar refractivity (Wildman–Crippen MR) is 86.5 cm³/mol. The van der Waals surface area contributed by atoms with Gasteiger partial charge in [0.2, 0.25) is 0 Å². The van der Waals surface area contributed by atoms with E-state index in [-0.39, 0.29) is 12.1 Å². The van der Waals surface area contributed by atoms with Gasteiger partial charge in [-0.25, -0.2) is 5.43 Å². The molecule has 0 aromatic heterocycles. The molecule has 0 amide bonds. The molecule has 0 spiro atoms. The van der Waals surface area contributed by atoms with Gasteiger partial charge in [0.25, 0.3) is 0 Å². The van der Waals surface area contributed by atoms with Crippen molar-refractivity contribution in [1.82, 2.24) is 5.43 Å². The third-order valence-corrected chi connectivity index (χ3v) is 3.69. The molecule has 3 rings (SSSR count). The van der Waals surface area contributed by atoms with Crippen LogP contribution in [-0.4, -0.2) is 18.8 Å². The lowest BCUT2D eigenvalue weighted by atomic mass is 10.1. The van der Waals surface area contributed by atoms with E-state index < -0.39 is 0 Å². The summed E-state index contributed by atoms with van der Waals surface area (Å²) in [4.78, 5) is 0. The first-order chi connectivity index (χ1) is 10.4. The molecule has 21 heavy (non-hydrogen) atoms. The summed E-state index contributed by atoms with van der Waals surface area (Å²) in [7, 11) is 0. The van der Waals surface area contributed by atoms with Crippen LogP contribution in [0.3, 0.4) is 0 Å². The molecule has 3 heteroatoms. The van der Waals surface area contributed by atoms with Gasteiger partial charge in [0.15, 0.2) is 0 Å². The highest BCUT2D eigenvalue weighted by molar-refractivity contribution is 5.61. The molecule has 2 aromatic rings. The Morgan fingerprint density at radius 1 is 1.00 bits per heavy atom. The maximum Gasteiger partial charge on any atom is 0.0925 e. The Kier molecular flexibility index (Phi) is 4.34. The molecule has 3 nitrogen and oxygen atoms in total. The topological polar surface area (TPSA) is 24.5 Å². The lowest BCUT2D eigenvalue weighted by Gasteiger charge is -2.30. The zero-order chi connectivity index (χ0) is 14.5. The number of nitrogens with zero attached hydrogens (tertiary/aromatic N) is 1. The Bertz CT molecular complexity index is 531. The van der Waals surface area contributed by atoms with Crippen molar-refractivity contribution in [3.05, 3.63) is 73.3 Å². The van der Waals surface area contributed by atoms with Crippen LogP contribution in [0.15, 0.2) is 73.3 Å². The van der Waals surface area contributed by atoms with Gasteiger partial charge in [0.05, 0.1) is 23.5 Å². The first kappa shape index (κ1) is 13.9. The minimum Gasteiger partial charge on any atom is -0.372 e. The quantitative estimate of drug-likeness (QED) is 0.668. The van der Waals surface area contributed by atoms with Gasteiger partial charge in [-0.05, 0) is 30.7 Å². The normalized spacial score (nSPS) is 21.1. The number of anilines is 2. The van der Waals surface area contributed by atoms with Crippen LogP contribution in [-0.2, 0) is 4.74 Å². The van der Waals surface area contributed by atoms with E-state index in [4.69, 9.17) is 4.74 Å². The van der Waals surface area contributed by atoms with Crippen molar-refractivity contribution < 1.29 is 4.74 Å². The highest BCUT2D eigenvalue weighted by Crippen LogP contribution is 2.25. The summed E-state index contributed by atoms with van der Waals surface area (Å²) in [6, 6.07) is 20.9. The van der Waals surface area contributed by atoms with Crippen LogP contribution >= 0.6 is 0 Å². The van der Waals surface area contributed by atoms with Gasteiger partial charge in [-0.1, -0.05) is 42.5 Å². The Morgan fingerprint density at radius 2 is 1.57 bits per heavy atom. The third-order valence-electron chi connectivity index (χ3n) is 3.69. The molecule has 1 fully saturated rings. The van der Waals surface area contributed by atoms with Crippen LogP contribution in [0.4, 0.5) is 11.4 Å². The van der Waals surface area contributed by atoms with Crippen LogP contribution in [0.25, 0.3) is 0 Å². The second kappa shape index (κ2) is 6.57. The summed E-state index contributed by atoms with van der Waals surface area (Å²) >= 11 is 0. The standard InChI is InChI=1S/C18H20N2O/c1-2-18-17(13-14-21-18)19-20(15-9-5-3-6-10-15)16-11-7-4-8-12-16/h2-12,17-19H,1,13-14H2/t17-,18+/m1/s1. The number of ether oxygens (including phenoxy) is 1. The molecule has 108 valence electrons. The second-order valence-electron chi connectivity index (χ2n) is 5.10. The molecule has 1 saturated heterocycles. The summed E-state index contributed by atoms with van der Waals surface area (Å²) in [5.74, 6) is 0. The van der Waals surface area contributed by atoms with Gasteiger partial charge in [0, 0.05) is 6.61 Å². The summed E-state index contributed by atoms with van der Waals surface area (Å²) < 4.78 is 5.68. The lowest BCUT2D eigenvalue weighted by Crippen LogP contribution is -2.45. The Hall–Kier alpha value is -2.10. The van der Waals surface area contributed by atoms with E-state index in [1.54, 1.807) is 0 Å². The molecule has 0 radical (unpaired) electrons. The van der Waals surface area contributed by atoms with Gasteiger partial charge in [-0.2, -0.15) is 0 Å². The van der Waals surface area contributed by atoms with Crippen molar-refractivity contribution in [1.29, 1.82) is 0 Å². The number of nitrogens with one attached hydrogen (secondary N) is 1. The molecule has 0 aliphatic carbocycles. The van der Waals surface area contributed by atoms with Crippen molar-refractivity contribution in [3.8, 4) is 0 Å². The van der Waals surface area contributed by atoms with Crippen LogP contribution in [0, 0.1) is 0 Å². The van der Waals surface area contributed by atoms with E-state index in [9.17, 15) is 0 Å². The van der Waals surface area contributed by atoms with Gasteiger partial charge >= 0.3 is 0 Å². The molecular formula is C18H20N2O. The minimum absolute atomic E-state index is 0.0555. The van der Waals surface area contributed by atoms with E-state index in [0.717, 1.165) is 24.4 Å². The second-order valence-corrected chi connectivity index (χ2v) is 5.10. The smallest absolute Gasteiger partial charge is 0.0925 e. The van der Waals surface area contributed by atoms with Crippen LogP contribution in [0.1, 0.15) is 6.42 Å². The summed E-state index contributed by atoms with van der Waals surface area (Å²) in [5.41, 5.74) is 5.81. The molecule has 2 aromatic carbocycles. The maximum absolute atomic E-state index is 5.68. The van der Waals surface area contributed by atoms with E-state index in [1.165, 1.54) is 0 Å². The lowest BCUT2D eigenvalue weighted by molar-refractivity contribution is 0.134. The van der Waals surface area contributed by atoms with Gasteiger partial charge in [-0.3, -0.25) is 5.01 Å². The van der Waals surface area contributed by atoms with Gasteiger partial charge < -0.3 is 4.74 Å². The zero-order valence-corrected chi connectivity index (χ0v) is 12.0. The molecular weight excluding hydrogens is 260 g/mol. The molecule has 1 aliphatic rings. The fourth-order valence-electron chi connectivity index (χ4n) is 2.60. The zero-order valence-electron chi connectivity index (χ0n) is 12.0. The van der Waals surface area contributed by atoms with Crippen molar-refractivity contribution in [2.75, 3.05) is 11.6 Å². The average molecular weight is 280 g/mol. The number of hydrazine groups is 1. The number of benzene rings is 2. The molecule has 0 bridgehead atoms. The number of rotatable bonds is 5. The first-order valence-corrected chi connectivity index (χ1v) is 7.29. The maximum atomic E-state index is 5.68. The van der Waals surface area contributed by atoms with Crippen LogP contribution < -0.4 is 10.4 Å². The molecule has 1 heterocycles. The highest BCUT2D eigenvalue weighted by Gasteiger charge is 2.27. The molecule has 1 aliphatic heterocycles. The van der Waals surface area contributed by atoms with Crippen LogP contribution in [0.5, 0.6) is 0 Å². The van der Waals surface area contributed by atoms with Crippen molar-refractivity contribution in [2.24, 2.45) is 0 Å². The molecule has 0 unspecified atom stereocenters. The van der Waals surface area contributed by atoms with Crippen molar-refractivity contribution in [2.45, 2.75) is 18.6 Å². The Morgan fingerprint density at radius 3 is 2.10 bits per heavy atom. The van der Waals surface area contributed by atoms with Gasteiger partial charge in [-0.15, -0.1) is 6.58 Å². The largest absolute Gasteiger partial charge is 0.372 e. The predicted octanol–water partition coefficient (Wildman–Crippen LogP) is 3.67. The number of para-hydroxylation sites is 2. The molecule has 0 saturated carbocycles. The number of hydrogen-bond donors (Lipinski definition) is 1. The van der Waals surface area contributed by atoms with E-state index in [2.05, 4.69) is 41.3 Å². The Balaban J connectivity index is 1.88. The fraction of sp³-hybridized carbons (Fsp3) is 0.222. The summed E-state index contributed by atoms with van der Waals surface area (Å²) in [6.07, 6.45) is 2.91. The Labute approximate surface area is 125 Å². The fourth-order valence-corrected chi connectivity index (χ4v) is 2.60.